The highest BCUT2D eigenvalue weighted by Gasteiger charge is 2.10. The molecular weight excluding hydrogens is 271 g/mol. The van der Waals surface area contributed by atoms with Crippen LogP contribution in [0.15, 0.2) is 41.8 Å². The van der Waals surface area contributed by atoms with E-state index in [1.165, 1.54) is 18.6 Å². The van der Waals surface area contributed by atoms with Gasteiger partial charge in [-0.25, -0.2) is 9.37 Å². The van der Waals surface area contributed by atoms with Crippen LogP contribution in [0, 0.1) is 5.82 Å². The zero-order valence-corrected chi connectivity index (χ0v) is 12.0. The average Bonchev–Trinajstić information content (AvgIpc) is 2.96. The van der Waals surface area contributed by atoms with E-state index in [0.717, 1.165) is 35.7 Å². The van der Waals surface area contributed by atoms with Gasteiger partial charge in [-0.1, -0.05) is 12.2 Å². The molecule has 2 aromatic rings. The Morgan fingerprint density at radius 3 is 2.85 bits per heavy atom. The van der Waals surface area contributed by atoms with Crippen molar-refractivity contribution < 1.29 is 4.39 Å². The largest absolute Gasteiger partial charge is 0.308 e. The van der Waals surface area contributed by atoms with E-state index in [9.17, 15) is 4.39 Å². The summed E-state index contributed by atoms with van der Waals surface area (Å²) in [5.74, 6) is -0.211. The van der Waals surface area contributed by atoms with Gasteiger partial charge in [0.15, 0.2) is 0 Å². The van der Waals surface area contributed by atoms with Gasteiger partial charge in [0.2, 0.25) is 0 Å². The van der Waals surface area contributed by atoms with E-state index in [-0.39, 0.29) is 5.82 Å². The van der Waals surface area contributed by atoms with Crippen molar-refractivity contribution in [2.75, 3.05) is 0 Å². The molecule has 2 nitrogen and oxygen atoms in total. The highest BCUT2D eigenvalue weighted by molar-refractivity contribution is 7.13. The third-order valence-corrected chi connectivity index (χ3v) is 4.42. The number of hydrogen-bond acceptors (Lipinski definition) is 3. The third-order valence-electron chi connectivity index (χ3n) is 3.48. The zero-order valence-electron chi connectivity index (χ0n) is 11.2. The number of benzene rings is 1. The molecule has 1 atom stereocenters. The average molecular weight is 288 g/mol. The van der Waals surface area contributed by atoms with Gasteiger partial charge in [0.05, 0.1) is 5.69 Å². The fourth-order valence-electron chi connectivity index (χ4n) is 2.34. The van der Waals surface area contributed by atoms with Crippen LogP contribution in [-0.4, -0.2) is 11.0 Å². The second-order valence-electron chi connectivity index (χ2n) is 5.01. The van der Waals surface area contributed by atoms with E-state index in [1.54, 1.807) is 23.5 Å². The van der Waals surface area contributed by atoms with E-state index in [1.807, 2.05) is 0 Å². The van der Waals surface area contributed by atoms with Gasteiger partial charge < -0.3 is 5.32 Å². The van der Waals surface area contributed by atoms with Crippen molar-refractivity contribution in [3.8, 4) is 10.6 Å². The molecule has 104 valence electrons. The van der Waals surface area contributed by atoms with Crippen molar-refractivity contribution in [2.45, 2.75) is 31.8 Å². The standard InChI is InChI=1S/C16H17FN2S/c17-13-8-6-12(7-9-13)16-19-15(11-20-16)10-18-14-4-2-1-3-5-14/h1-2,6-9,11,14,18H,3-5,10H2. The Bertz CT molecular complexity index is 589. The maximum Gasteiger partial charge on any atom is 0.123 e. The van der Waals surface area contributed by atoms with E-state index in [2.05, 4.69) is 27.8 Å². The minimum atomic E-state index is -0.211. The molecule has 3 rings (SSSR count). The number of hydrogen-bond donors (Lipinski definition) is 1. The molecule has 1 aromatic carbocycles. The number of nitrogens with one attached hydrogen (secondary N) is 1. The van der Waals surface area contributed by atoms with Crippen LogP contribution in [-0.2, 0) is 6.54 Å². The van der Waals surface area contributed by atoms with Crippen molar-refractivity contribution in [1.82, 2.24) is 10.3 Å². The molecule has 1 aromatic heterocycles. The number of halogens is 1. The molecule has 0 bridgehead atoms. The van der Waals surface area contributed by atoms with Crippen LogP contribution < -0.4 is 5.32 Å². The highest BCUT2D eigenvalue weighted by Crippen LogP contribution is 2.24. The Morgan fingerprint density at radius 1 is 1.25 bits per heavy atom. The maximum absolute atomic E-state index is 12.9. The van der Waals surface area contributed by atoms with Gasteiger partial charge >= 0.3 is 0 Å². The summed E-state index contributed by atoms with van der Waals surface area (Å²) in [6.07, 6.45) is 7.95. The first-order valence-electron chi connectivity index (χ1n) is 6.90. The summed E-state index contributed by atoms with van der Waals surface area (Å²) in [4.78, 5) is 4.61. The maximum atomic E-state index is 12.9. The van der Waals surface area contributed by atoms with Gasteiger partial charge in [-0.15, -0.1) is 11.3 Å². The summed E-state index contributed by atoms with van der Waals surface area (Å²) < 4.78 is 12.9. The van der Waals surface area contributed by atoms with E-state index >= 15 is 0 Å². The van der Waals surface area contributed by atoms with Crippen molar-refractivity contribution in [3.05, 3.63) is 53.3 Å². The second-order valence-corrected chi connectivity index (χ2v) is 5.87. The summed E-state index contributed by atoms with van der Waals surface area (Å²) in [5.41, 5.74) is 2.03. The number of allylic oxidation sites excluding steroid dienone is 1. The molecule has 1 aliphatic carbocycles. The first-order chi connectivity index (χ1) is 9.81. The minimum absolute atomic E-state index is 0.211. The second kappa shape index (κ2) is 6.29. The van der Waals surface area contributed by atoms with E-state index < -0.39 is 0 Å². The molecule has 0 saturated carbocycles. The van der Waals surface area contributed by atoms with Crippen LogP contribution >= 0.6 is 11.3 Å². The van der Waals surface area contributed by atoms with Crippen molar-refractivity contribution in [3.63, 3.8) is 0 Å². The summed E-state index contributed by atoms with van der Waals surface area (Å²) >= 11 is 1.61. The minimum Gasteiger partial charge on any atom is -0.308 e. The lowest BCUT2D eigenvalue weighted by Crippen LogP contribution is -2.29. The van der Waals surface area contributed by atoms with Crippen LogP contribution in [0.1, 0.15) is 25.0 Å². The molecule has 0 fully saturated rings. The molecule has 0 spiro atoms. The van der Waals surface area contributed by atoms with Gasteiger partial charge in [-0.05, 0) is 43.5 Å². The molecular formula is C16H17FN2S. The fourth-order valence-corrected chi connectivity index (χ4v) is 3.17. The Labute approximate surface area is 122 Å². The molecule has 1 heterocycles. The lowest BCUT2D eigenvalue weighted by Gasteiger charge is -2.18. The van der Waals surface area contributed by atoms with E-state index in [4.69, 9.17) is 0 Å². The van der Waals surface area contributed by atoms with Crippen LogP contribution in [0.25, 0.3) is 10.6 Å². The smallest absolute Gasteiger partial charge is 0.123 e. The molecule has 0 amide bonds. The van der Waals surface area contributed by atoms with Gasteiger partial charge in [0.1, 0.15) is 10.8 Å². The molecule has 1 unspecified atom stereocenters. The van der Waals surface area contributed by atoms with Crippen LogP contribution in [0.2, 0.25) is 0 Å². The van der Waals surface area contributed by atoms with Gasteiger partial charge in [0.25, 0.3) is 0 Å². The predicted molar refractivity (Wildman–Crippen MR) is 81.1 cm³/mol. The van der Waals surface area contributed by atoms with Crippen LogP contribution in [0.5, 0.6) is 0 Å². The van der Waals surface area contributed by atoms with Crippen LogP contribution in [0.4, 0.5) is 4.39 Å². The zero-order chi connectivity index (χ0) is 13.8. The lowest BCUT2D eigenvalue weighted by molar-refractivity contribution is 0.472. The summed E-state index contributed by atoms with van der Waals surface area (Å²) in [5, 5.41) is 6.57. The topological polar surface area (TPSA) is 24.9 Å². The van der Waals surface area contributed by atoms with Crippen LogP contribution in [0.3, 0.4) is 0 Å². The summed E-state index contributed by atoms with van der Waals surface area (Å²) in [7, 11) is 0. The molecule has 0 aliphatic heterocycles. The molecule has 0 saturated heterocycles. The molecule has 1 aliphatic rings. The fraction of sp³-hybridized carbons (Fsp3) is 0.312. The number of aromatic nitrogens is 1. The lowest BCUT2D eigenvalue weighted by atomic mass is 10.0. The van der Waals surface area contributed by atoms with Gasteiger partial charge in [-0.2, -0.15) is 0 Å². The van der Waals surface area contributed by atoms with E-state index in [0.29, 0.717) is 6.04 Å². The van der Waals surface area contributed by atoms with Gasteiger partial charge in [0, 0.05) is 23.5 Å². The van der Waals surface area contributed by atoms with Crippen molar-refractivity contribution in [2.24, 2.45) is 0 Å². The first kappa shape index (κ1) is 13.5. The molecule has 20 heavy (non-hydrogen) atoms. The third kappa shape index (κ3) is 3.32. The SMILES string of the molecule is Fc1ccc(-c2nc(CNC3CC=CCC3)cs2)cc1. The molecule has 1 N–H and O–H groups in total. The number of thiazole rings is 1. The molecule has 0 radical (unpaired) electrons. The highest BCUT2D eigenvalue weighted by atomic mass is 32.1. The summed E-state index contributed by atoms with van der Waals surface area (Å²) in [6.45, 7) is 0.802. The first-order valence-corrected chi connectivity index (χ1v) is 7.78. The Kier molecular flexibility index (Phi) is 4.23. The summed E-state index contributed by atoms with van der Waals surface area (Å²) in [6, 6.07) is 7.07. The Morgan fingerprint density at radius 2 is 2.10 bits per heavy atom. The monoisotopic (exact) mass is 288 g/mol. The molecule has 4 heteroatoms. The number of rotatable bonds is 4. The Balaban J connectivity index is 1.61. The Hall–Kier alpha value is -1.52. The number of nitrogens with zero attached hydrogens (tertiary/aromatic N) is 1. The predicted octanol–water partition coefficient (Wildman–Crippen LogP) is 4.15. The van der Waals surface area contributed by atoms with Gasteiger partial charge in [-0.3, -0.25) is 0 Å². The van der Waals surface area contributed by atoms with Crippen molar-refractivity contribution in [1.29, 1.82) is 0 Å². The quantitative estimate of drug-likeness (QED) is 0.855. The normalized spacial score (nSPS) is 18.4. The van der Waals surface area contributed by atoms with Crippen molar-refractivity contribution >= 4 is 11.3 Å².